The summed E-state index contributed by atoms with van der Waals surface area (Å²) in [5, 5.41) is 0.843. The van der Waals surface area contributed by atoms with Crippen LogP contribution in [0.15, 0.2) is 77.6 Å². The van der Waals surface area contributed by atoms with Gasteiger partial charge in [-0.25, -0.2) is 9.59 Å². The minimum absolute atomic E-state index is 0.104. The number of methoxy groups -OCH3 is 2. The lowest BCUT2D eigenvalue weighted by molar-refractivity contribution is 0.0584. The van der Waals surface area contributed by atoms with Gasteiger partial charge in [-0.2, -0.15) is 0 Å². The molecule has 0 saturated heterocycles. The molecule has 0 atom stereocenters. The van der Waals surface area contributed by atoms with E-state index in [9.17, 15) is 14.4 Å². The summed E-state index contributed by atoms with van der Waals surface area (Å²) in [5.74, 6) is -1.14. The van der Waals surface area contributed by atoms with Crippen molar-refractivity contribution in [1.29, 1.82) is 0 Å². The lowest BCUT2D eigenvalue weighted by atomic mass is 9.98. The van der Waals surface area contributed by atoms with Gasteiger partial charge in [0.2, 0.25) is 0 Å². The molecule has 0 unspecified atom stereocenters. The average Bonchev–Trinajstić information content (AvgIpc) is 2.85. The molecule has 0 aliphatic rings. The van der Waals surface area contributed by atoms with Gasteiger partial charge in [-0.1, -0.05) is 41.9 Å². The number of halogens is 1. The standard InChI is InChI=1S/C26H20ClNO5/c1-32-25(30)17-8-6-7-16(13-17)14-21-23(26(31)33-2)28(19-9-4-3-5-10-19)22-15-18(27)11-12-20(22)24(21)29/h3-13,15H,14H2,1-2H3. The number of benzene rings is 3. The number of nitrogens with zero attached hydrogens (tertiary/aromatic N) is 1. The van der Waals surface area contributed by atoms with Crippen molar-refractivity contribution in [2.24, 2.45) is 0 Å². The Balaban J connectivity index is 2.05. The maximum atomic E-state index is 13.6. The number of hydrogen-bond acceptors (Lipinski definition) is 5. The van der Waals surface area contributed by atoms with Crippen molar-refractivity contribution in [3.05, 3.63) is 110 Å². The summed E-state index contributed by atoms with van der Waals surface area (Å²) in [7, 11) is 2.57. The highest BCUT2D eigenvalue weighted by atomic mass is 35.5. The normalized spacial score (nSPS) is 10.8. The van der Waals surface area contributed by atoms with E-state index in [0.29, 0.717) is 32.7 Å². The maximum absolute atomic E-state index is 13.6. The van der Waals surface area contributed by atoms with Crippen LogP contribution in [0.4, 0.5) is 0 Å². The second-order valence-electron chi connectivity index (χ2n) is 7.35. The van der Waals surface area contributed by atoms with Crippen LogP contribution in [0.2, 0.25) is 5.02 Å². The second-order valence-corrected chi connectivity index (χ2v) is 7.79. The molecule has 0 spiro atoms. The maximum Gasteiger partial charge on any atom is 0.355 e. The van der Waals surface area contributed by atoms with Crippen molar-refractivity contribution in [3.8, 4) is 5.69 Å². The Bertz CT molecular complexity index is 1430. The second kappa shape index (κ2) is 9.30. The Morgan fingerprint density at radius 2 is 1.61 bits per heavy atom. The SMILES string of the molecule is COC(=O)c1cccc(Cc2c(C(=O)OC)n(-c3ccccc3)c3cc(Cl)ccc3c2=O)c1. The molecule has 0 aliphatic heterocycles. The van der Waals surface area contributed by atoms with E-state index >= 15 is 0 Å². The Hall–Kier alpha value is -3.90. The van der Waals surface area contributed by atoms with Crippen LogP contribution >= 0.6 is 11.6 Å². The predicted octanol–water partition coefficient (Wildman–Crippen LogP) is 4.81. The summed E-state index contributed by atoms with van der Waals surface area (Å²) in [6, 6.07) is 20.9. The van der Waals surface area contributed by atoms with E-state index in [1.54, 1.807) is 47.0 Å². The topological polar surface area (TPSA) is 74.6 Å². The number of rotatable bonds is 5. The van der Waals surface area contributed by atoms with Crippen LogP contribution in [-0.2, 0) is 15.9 Å². The molecule has 0 radical (unpaired) electrons. The molecular formula is C26H20ClNO5. The van der Waals surface area contributed by atoms with E-state index < -0.39 is 11.9 Å². The Labute approximate surface area is 194 Å². The van der Waals surface area contributed by atoms with Gasteiger partial charge in [0.05, 0.1) is 25.3 Å². The van der Waals surface area contributed by atoms with Crippen molar-refractivity contribution < 1.29 is 19.1 Å². The molecule has 33 heavy (non-hydrogen) atoms. The van der Waals surface area contributed by atoms with E-state index in [4.69, 9.17) is 21.1 Å². The highest BCUT2D eigenvalue weighted by Gasteiger charge is 2.24. The van der Waals surface area contributed by atoms with Crippen LogP contribution in [0.5, 0.6) is 0 Å². The third-order valence-electron chi connectivity index (χ3n) is 5.35. The molecule has 0 aliphatic carbocycles. The zero-order chi connectivity index (χ0) is 23.5. The molecule has 4 rings (SSSR count). The molecule has 0 N–H and O–H groups in total. The average molecular weight is 462 g/mol. The number of aromatic nitrogens is 1. The zero-order valence-electron chi connectivity index (χ0n) is 18.0. The van der Waals surface area contributed by atoms with Crippen molar-refractivity contribution in [3.63, 3.8) is 0 Å². The van der Waals surface area contributed by atoms with Crippen molar-refractivity contribution in [2.45, 2.75) is 6.42 Å². The van der Waals surface area contributed by atoms with Gasteiger partial charge < -0.3 is 14.0 Å². The van der Waals surface area contributed by atoms with E-state index in [1.165, 1.54) is 14.2 Å². The Morgan fingerprint density at radius 1 is 0.879 bits per heavy atom. The minimum Gasteiger partial charge on any atom is -0.465 e. The summed E-state index contributed by atoms with van der Waals surface area (Å²) >= 11 is 6.25. The van der Waals surface area contributed by atoms with Gasteiger partial charge in [0.15, 0.2) is 5.43 Å². The molecule has 6 nitrogen and oxygen atoms in total. The van der Waals surface area contributed by atoms with Gasteiger partial charge in [0.1, 0.15) is 5.69 Å². The van der Waals surface area contributed by atoms with Crippen LogP contribution in [0.1, 0.15) is 32.0 Å². The lowest BCUT2D eigenvalue weighted by Crippen LogP contribution is -2.24. The number of carbonyl (C=O) groups is 2. The summed E-state index contributed by atoms with van der Waals surface area (Å²) in [5.41, 5.74) is 2.24. The van der Waals surface area contributed by atoms with Crippen LogP contribution in [0.25, 0.3) is 16.6 Å². The molecule has 0 bridgehead atoms. The van der Waals surface area contributed by atoms with Crippen LogP contribution in [0, 0.1) is 0 Å². The van der Waals surface area contributed by atoms with Crippen molar-refractivity contribution >= 4 is 34.4 Å². The van der Waals surface area contributed by atoms with Gasteiger partial charge in [-0.05, 0) is 48.0 Å². The quantitative estimate of drug-likeness (QED) is 0.399. The molecule has 4 aromatic rings. The summed E-state index contributed by atoms with van der Waals surface area (Å²) in [6.45, 7) is 0. The van der Waals surface area contributed by atoms with Crippen molar-refractivity contribution in [2.75, 3.05) is 14.2 Å². The number of pyridine rings is 1. The summed E-state index contributed by atoms with van der Waals surface area (Å²) in [6.07, 6.45) is 0.111. The first-order valence-corrected chi connectivity index (χ1v) is 10.5. The Kier molecular flexibility index (Phi) is 6.29. The first-order valence-electron chi connectivity index (χ1n) is 10.1. The van der Waals surface area contributed by atoms with Gasteiger partial charge >= 0.3 is 11.9 Å². The van der Waals surface area contributed by atoms with E-state index in [-0.39, 0.29) is 23.1 Å². The highest BCUT2D eigenvalue weighted by Crippen LogP contribution is 2.26. The molecule has 1 aromatic heterocycles. The summed E-state index contributed by atoms with van der Waals surface area (Å²) in [4.78, 5) is 38.6. The van der Waals surface area contributed by atoms with E-state index in [0.717, 1.165) is 0 Å². The highest BCUT2D eigenvalue weighted by molar-refractivity contribution is 6.31. The fraction of sp³-hybridized carbons (Fsp3) is 0.115. The zero-order valence-corrected chi connectivity index (χ0v) is 18.8. The number of hydrogen-bond donors (Lipinski definition) is 0. The number of carbonyl (C=O) groups excluding carboxylic acids is 2. The summed E-state index contributed by atoms with van der Waals surface area (Å²) < 4.78 is 11.6. The van der Waals surface area contributed by atoms with Crippen LogP contribution in [-0.4, -0.2) is 30.7 Å². The lowest BCUT2D eigenvalue weighted by Gasteiger charge is -2.19. The van der Waals surface area contributed by atoms with E-state index in [2.05, 4.69) is 0 Å². The smallest absolute Gasteiger partial charge is 0.355 e. The number of fused-ring (bicyclic) bond motifs is 1. The molecule has 0 saturated carbocycles. The number of para-hydroxylation sites is 1. The molecule has 7 heteroatoms. The van der Waals surface area contributed by atoms with Crippen molar-refractivity contribution in [1.82, 2.24) is 4.57 Å². The van der Waals surface area contributed by atoms with Gasteiger partial charge in [0.25, 0.3) is 0 Å². The third kappa shape index (κ3) is 4.25. The molecule has 3 aromatic carbocycles. The minimum atomic E-state index is -0.656. The molecule has 166 valence electrons. The third-order valence-corrected chi connectivity index (χ3v) is 5.59. The molecular weight excluding hydrogens is 442 g/mol. The van der Waals surface area contributed by atoms with Gasteiger partial charge in [-0.15, -0.1) is 0 Å². The first-order chi connectivity index (χ1) is 15.9. The largest absolute Gasteiger partial charge is 0.465 e. The molecule has 1 heterocycles. The monoisotopic (exact) mass is 461 g/mol. The molecule has 0 fully saturated rings. The number of esters is 2. The number of ether oxygens (including phenoxy) is 2. The fourth-order valence-corrected chi connectivity index (χ4v) is 4.02. The van der Waals surface area contributed by atoms with Crippen LogP contribution in [0.3, 0.4) is 0 Å². The fourth-order valence-electron chi connectivity index (χ4n) is 3.86. The van der Waals surface area contributed by atoms with E-state index in [1.807, 2.05) is 30.3 Å². The molecule has 0 amide bonds. The first kappa shape index (κ1) is 22.3. The van der Waals surface area contributed by atoms with Gasteiger partial charge in [0, 0.05) is 28.1 Å². The Morgan fingerprint density at radius 3 is 2.30 bits per heavy atom. The predicted molar refractivity (Wildman–Crippen MR) is 126 cm³/mol. The van der Waals surface area contributed by atoms with Gasteiger partial charge in [-0.3, -0.25) is 4.79 Å². The van der Waals surface area contributed by atoms with Crippen LogP contribution < -0.4 is 5.43 Å².